The van der Waals surface area contributed by atoms with E-state index in [0.717, 1.165) is 33.7 Å². The fourth-order valence-electron chi connectivity index (χ4n) is 2.91. The van der Waals surface area contributed by atoms with Gasteiger partial charge >= 0.3 is 0 Å². The van der Waals surface area contributed by atoms with Crippen LogP contribution in [0.5, 0.6) is 0 Å². The van der Waals surface area contributed by atoms with Gasteiger partial charge in [0.1, 0.15) is 12.0 Å². The van der Waals surface area contributed by atoms with Gasteiger partial charge in [-0.2, -0.15) is 0 Å². The van der Waals surface area contributed by atoms with E-state index in [1.54, 1.807) is 31.4 Å². The summed E-state index contributed by atoms with van der Waals surface area (Å²) in [6, 6.07) is 19.0. The molecule has 4 rings (SSSR count). The first-order chi connectivity index (χ1) is 12.7. The number of hydrogen-bond acceptors (Lipinski definition) is 3. The van der Waals surface area contributed by atoms with Gasteiger partial charge in [0.2, 0.25) is 0 Å². The normalized spacial score (nSPS) is 11.9. The van der Waals surface area contributed by atoms with E-state index >= 15 is 0 Å². The predicted octanol–water partition coefficient (Wildman–Crippen LogP) is 5.17. The van der Waals surface area contributed by atoms with Gasteiger partial charge in [0, 0.05) is 28.2 Å². The quantitative estimate of drug-likeness (QED) is 0.617. The van der Waals surface area contributed by atoms with Gasteiger partial charge in [-0.1, -0.05) is 73.3 Å². The molecular formula is C23H18O3. The van der Waals surface area contributed by atoms with Crippen molar-refractivity contribution in [2.24, 2.45) is 0 Å². The summed E-state index contributed by atoms with van der Waals surface area (Å²) in [5.41, 5.74) is 3.49. The molecule has 26 heavy (non-hydrogen) atoms. The first-order valence-electron chi connectivity index (χ1n) is 8.17. The number of carbonyl (C=O) groups is 2. The molecule has 3 heteroatoms. The Bertz CT molecular complexity index is 979. The minimum absolute atomic E-state index is 0.0150. The highest BCUT2D eigenvalue weighted by Gasteiger charge is 2.20. The van der Waals surface area contributed by atoms with Crippen LogP contribution in [-0.4, -0.2) is 19.2 Å². The molecule has 3 nitrogen and oxygen atoms in total. The van der Waals surface area contributed by atoms with Crippen LogP contribution in [0.25, 0.3) is 22.6 Å². The van der Waals surface area contributed by atoms with Crippen molar-refractivity contribution in [2.75, 3.05) is 7.11 Å². The van der Waals surface area contributed by atoms with Crippen molar-refractivity contribution in [3.63, 3.8) is 0 Å². The van der Waals surface area contributed by atoms with Crippen molar-refractivity contribution < 1.29 is 14.3 Å². The Morgan fingerprint density at radius 3 is 2.08 bits per heavy atom. The molecule has 0 unspecified atom stereocenters. The van der Waals surface area contributed by atoms with Crippen LogP contribution in [0.4, 0.5) is 0 Å². The zero-order valence-corrected chi connectivity index (χ0v) is 14.4. The number of aldehydes is 1. The lowest BCUT2D eigenvalue weighted by atomic mass is 9.91. The maximum atomic E-state index is 11.9. The van der Waals surface area contributed by atoms with Crippen molar-refractivity contribution in [3.05, 3.63) is 95.6 Å². The summed E-state index contributed by atoms with van der Waals surface area (Å²) in [5.74, 6) is 0.662. The standard InChI is InChI=1S/C14H10O2.C9H8O/c1-16-13-8-12(15)10-6-2-4-9-5-3-7-11(13)14(9)10;1-2-8-3-5-9(7-10)6-4-8/h2-8H,1H3;2-7H,1H2. The van der Waals surface area contributed by atoms with E-state index in [-0.39, 0.29) is 5.78 Å². The minimum Gasteiger partial charge on any atom is -0.496 e. The average molecular weight is 342 g/mol. The number of carbonyl (C=O) groups excluding carboxylic acids is 2. The summed E-state index contributed by atoms with van der Waals surface area (Å²) in [6.45, 7) is 3.60. The number of rotatable bonds is 3. The van der Waals surface area contributed by atoms with Gasteiger partial charge in [0.25, 0.3) is 0 Å². The molecular weight excluding hydrogens is 324 g/mol. The maximum Gasteiger partial charge on any atom is 0.190 e. The SMILES string of the molecule is C=Cc1ccc(C=O)cc1.COC1=CC(=O)c2cccc3cccc1c23. The van der Waals surface area contributed by atoms with Gasteiger partial charge in [0.05, 0.1) is 7.11 Å². The molecule has 3 aromatic carbocycles. The first-order valence-corrected chi connectivity index (χ1v) is 8.17. The largest absolute Gasteiger partial charge is 0.496 e. The van der Waals surface area contributed by atoms with Gasteiger partial charge in [-0.25, -0.2) is 0 Å². The Morgan fingerprint density at radius 2 is 1.50 bits per heavy atom. The van der Waals surface area contributed by atoms with Crippen LogP contribution in [0.15, 0.2) is 73.3 Å². The molecule has 0 N–H and O–H groups in total. The Balaban J connectivity index is 0.000000170. The maximum absolute atomic E-state index is 11.9. The van der Waals surface area contributed by atoms with Crippen LogP contribution in [0.1, 0.15) is 31.8 Å². The topological polar surface area (TPSA) is 43.4 Å². The third kappa shape index (κ3) is 3.33. The summed E-state index contributed by atoms with van der Waals surface area (Å²) in [7, 11) is 1.59. The zero-order valence-electron chi connectivity index (χ0n) is 14.4. The highest BCUT2D eigenvalue weighted by Crippen LogP contribution is 2.32. The first kappa shape index (κ1) is 17.4. The van der Waals surface area contributed by atoms with E-state index in [1.807, 2.05) is 48.5 Å². The van der Waals surface area contributed by atoms with Crippen LogP contribution in [0, 0.1) is 0 Å². The molecule has 0 atom stereocenters. The smallest absolute Gasteiger partial charge is 0.190 e. The van der Waals surface area contributed by atoms with Gasteiger partial charge in [-0.15, -0.1) is 0 Å². The minimum atomic E-state index is 0.0150. The molecule has 0 saturated heterocycles. The molecule has 1 aliphatic rings. The van der Waals surface area contributed by atoms with Crippen LogP contribution < -0.4 is 0 Å². The van der Waals surface area contributed by atoms with Crippen molar-refractivity contribution in [3.8, 4) is 0 Å². The van der Waals surface area contributed by atoms with E-state index < -0.39 is 0 Å². The highest BCUT2D eigenvalue weighted by atomic mass is 16.5. The van der Waals surface area contributed by atoms with Crippen molar-refractivity contribution in [1.29, 1.82) is 0 Å². The Hall–Kier alpha value is -3.46. The monoisotopic (exact) mass is 342 g/mol. The number of ether oxygens (including phenoxy) is 1. The fraction of sp³-hybridized carbons (Fsp3) is 0.0435. The molecule has 0 bridgehead atoms. The Morgan fingerprint density at radius 1 is 0.885 bits per heavy atom. The van der Waals surface area contributed by atoms with Crippen molar-refractivity contribution in [2.45, 2.75) is 0 Å². The number of benzene rings is 3. The summed E-state index contributed by atoms with van der Waals surface area (Å²) >= 11 is 0. The molecule has 0 amide bonds. The fourth-order valence-corrected chi connectivity index (χ4v) is 2.91. The van der Waals surface area contributed by atoms with Crippen LogP contribution in [-0.2, 0) is 4.74 Å². The summed E-state index contributed by atoms with van der Waals surface area (Å²) in [4.78, 5) is 22.1. The summed E-state index contributed by atoms with van der Waals surface area (Å²) in [6.07, 6.45) is 4.12. The van der Waals surface area contributed by atoms with E-state index in [9.17, 15) is 9.59 Å². The Labute approximate surface area is 152 Å². The second-order valence-electron chi connectivity index (χ2n) is 5.77. The number of allylic oxidation sites excluding steroid dienone is 1. The third-order valence-corrected chi connectivity index (χ3v) is 4.23. The molecule has 0 radical (unpaired) electrons. The molecule has 0 saturated carbocycles. The molecule has 0 heterocycles. The molecule has 128 valence electrons. The van der Waals surface area contributed by atoms with Gasteiger partial charge in [-0.05, 0) is 10.9 Å². The lowest BCUT2D eigenvalue weighted by Gasteiger charge is -2.16. The molecule has 0 aromatic heterocycles. The predicted molar refractivity (Wildman–Crippen MR) is 105 cm³/mol. The van der Waals surface area contributed by atoms with Gasteiger partial charge in [-0.3, -0.25) is 9.59 Å². The Kier molecular flexibility index (Phi) is 5.09. The van der Waals surface area contributed by atoms with Crippen LogP contribution in [0.3, 0.4) is 0 Å². The van der Waals surface area contributed by atoms with E-state index in [4.69, 9.17) is 4.74 Å². The van der Waals surface area contributed by atoms with Crippen LogP contribution >= 0.6 is 0 Å². The van der Waals surface area contributed by atoms with Gasteiger partial charge in [0.15, 0.2) is 5.78 Å². The molecule has 1 aliphatic carbocycles. The zero-order chi connectivity index (χ0) is 18.5. The van der Waals surface area contributed by atoms with Crippen molar-refractivity contribution >= 4 is 34.7 Å². The lowest BCUT2D eigenvalue weighted by Crippen LogP contribution is -2.06. The lowest BCUT2D eigenvalue weighted by molar-refractivity contribution is 0.104. The molecule has 0 spiro atoms. The van der Waals surface area contributed by atoms with Crippen LogP contribution in [0.2, 0.25) is 0 Å². The van der Waals surface area contributed by atoms with Gasteiger partial charge < -0.3 is 4.74 Å². The summed E-state index contributed by atoms with van der Waals surface area (Å²) in [5, 5.41) is 2.07. The molecule has 0 fully saturated rings. The molecule has 3 aromatic rings. The number of hydrogen-bond donors (Lipinski definition) is 0. The number of ketones is 1. The van der Waals surface area contributed by atoms with E-state index in [0.29, 0.717) is 11.3 Å². The second kappa shape index (κ2) is 7.62. The summed E-state index contributed by atoms with van der Waals surface area (Å²) < 4.78 is 5.25. The third-order valence-electron chi connectivity index (χ3n) is 4.23. The average Bonchev–Trinajstić information content (AvgIpc) is 2.71. The second-order valence-corrected chi connectivity index (χ2v) is 5.77. The van der Waals surface area contributed by atoms with Crippen molar-refractivity contribution in [1.82, 2.24) is 0 Å². The van der Waals surface area contributed by atoms with E-state index in [1.165, 1.54) is 0 Å². The molecule has 0 aliphatic heterocycles. The van der Waals surface area contributed by atoms with E-state index in [2.05, 4.69) is 6.58 Å². The highest BCUT2D eigenvalue weighted by molar-refractivity contribution is 6.21. The number of methoxy groups -OCH3 is 1.